The van der Waals surface area contributed by atoms with Crippen LogP contribution in [0.2, 0.25) is 0 Å². The van der Waals surface area contributed by atoms with Gasteiger partial charge in [-0.2, -0.15) is 9.41 Å². The summed E-state index contributed by atoms with van der Waals surface area (Å²) in [6.45, 7) is 3.29. The highest BCUT2D eigenvalue weighted by Crippen LogP contribution is 2.28. The molecule has 0 bridgehead atoms. The predicted octanol–water partition coefficient (Wildman–Crippen LogP) is 4.82. The number of hydrogen-bond acceptors (Lipinski definition) is 6. The van der Waals surface area contributed by atoms with Crippen molar-refractivity contribution in [3.8, 4) is 11.3 Å². The van der Waals surface area contributed by atoms with Crippen molar-refractivity contribution in [1.29, 1.82) is 0 Å². The molecule has 0 saturated carbocycles. The third-order valence-corrected chi connectivity index (χ3v) is 7.96. The maximum absolute atomic E-state index is 13.6. The number of rotatable bonds is 6. The van der Waals surface area contributed by atoms with Crippen LogP contribution in [0.15, 0.2) is 63.9 Å². The summed E-state index contributed by atoms with van der Waals surface area (Å²) in [5, 5.41) is 6.45. The number of nitrogens with one attached hydrogen (secondary N) is 1. The highest BCUT2D eigenvalue weighted by molar-refractivity contribution is 7.89. The van der Waals surface area contributed by atoms with Gasteiger partial charge in [-0.15, -0.1) is 11.3 Å². The van der Waals surface area contributed by atoms with Crippen molar-refractivity contribution < 1.29 is 12.8 Å². The van der Waals surface area contributed by atoms with Crippen LogP contribution in [0.4, 0.5) is 9.52 Å². The first-order valence-corrected chi connectivity index (χ1v) is 12.3. The fourth-order valence-corrected chi connectivity index (χ4v) is 5.50. The van der Waals surface area contributed by atoms with Crippen molar-refractivity contribution in [3.63, 3.8) is 0 Å². The smallest absolute Gasteiger partial charge is 0.243 e. The van der Waals surface area contributed by atoms with E-state index in [4.69, 9.17) is 0 Å². The normalized spacial score (nSPS) is 16.1. The molecule has 1 aliphatic heterocycles. The monoisotopic (exact) mass is 458 g/mol. The van der Waals surface area contributed by atoms with Gasteiger partial charge < -0.3 is 0 Å². The number of benzene rings is 2. The molecule has 162 valence electrons. The molecule has 2 aromatic carbocycles. The van der Waals surface area contributed by atoms with Crippen LogP contribution >= 0.6 is 11.3 Å². The summed E-state index contributed by atoms with van der Waals surface area (Å²) in [7, 11) is -3.47. The molecule has 2 heterocycles. The quantitative estimate of drug-likeness (QED) is 0.425. The number of sulfonamides is 1. The van der Waals surface area contributed by atoms with Crippen LogP contribution in [0.5, 0.6) is 0 Å². The lowest BCUT2D eigenvalue weighted by Crippen LogP contribution is -2.37. The average molecular weight is 459 g/mol. The topological polar surface area (TPSA) is 74.7 Å². The van der Waals surface area contributed by atoms with Crippen LogP contribution in [-0.4, -0.2) is 37.0 Å². The second-order valence-corrected chi connectivity index (χ2v) is 10.3. The summed E-state index contributed by atoms with van der Waals surface area (Å²) in [6, 6.07) is 13.2. The minimum absolute atomic E-state index is 0.300. The Kier molecular flexibility index (Phi) is 6.45. The molecule has 6 nitrogen and oxygen atoms in total. The van der Waals surface area contributed by atoms with Crippen molar-refractivity contribution in [2.24, 2.45) is 11.0 Å². The Morgan fingerprint density at radius 1 is 1.16 bits per heavy atom. The Labute approximate surface area is 185 Å². The Hall–Kier alpha value is -2.62. The van der Waals surface area contributed by atoms with Crippen LogP contribution < -0.4 is 5.43 Å². The van der Waals surface area contributed by atoms with Crippen LogP contribution in [-0.2, 0) is 10.0 Å². The van der Waals surface area contributed by atoms with Crippen molar-refractivity contribution in [2.75, 3.05) is 18.5 Å². The zero-order chi connectivity index (χ0) is 21.8. The van der Waals surface area contributed by atoms with E-state index in [1.54, 1.807) is 46.8 Å². The van der Waals surface area contributed by atoms with Gasteiger partial charge in [0, 0.05) is 29.6 Å². The standard InChI is InChI=1S/C22H23FN4O2S2/c1-16-10-12-27(13-11-16)31(28,29)19-8-6-17(7-9-19)21-15-30-22(25-21)26-24-14-18-4-2-3-5-20(18)23/h2-9,14-16H,10-13H2,1H3,(H,25,26)/b24-14+. The molecular weight excluding hydrogens is 435 g/mol. The zero-order valence-corrected chi connectivity index (χ0v) is 18.7. The molecule has 0 aliphatic carbocycles. The maximum atomic E-state index is 13.6. The number of nitrogens with zero attached hydrogens (tertiary/aromatic N) is 3. The Morgan fingerprint density at radius 2 is 1.87 bits per heavy atom. The summed E-state index contributed by atoms with van der Waals surface area (Å²) in [5.74, 6) is 0.222. The first-order chi connectivity index (χ1) is 14.9. The number of anilines is 1. The SMILES string of the molecule is CC1CCN(S(=O)(=O)c2ccc(-c3csc(N/N=C/c4ccccc4F)n3)cc2)CC1. The van der Waals surface area contributed by atoms with Crippen LogP contribution in [0.25, 0.3) is 11.3 Å². The first-order valence-electron chi connectivity index (χ1n) is 10.0. The zero-order valence-electron chi connectivity index (χ0n) is 17.0. The molecule has 1 aromatic heterocycles. The van der Waals surface area contributed by atoms with E-state index in [2.05, 4.69) is 22.4 Å². The second-order valence-electron chi connectivity index (χ2n) is 7.54. The van der Waals surface area contributed by atoms with Crippen molar-refractivity contribution in [1.82, 2.24) is 9.29 Å². The molecular formula is C22H23FN4O2S2. The highest BCUT2D eigenvalue weighted by Gasteiger charge is 2.27. The molecule has 9 heteroatoms. The van der Waals surface area contributed by atoms with Gasteiger partial charge in [-0.05, 0) is 37.0 Å². The summed E-state index contributed by atoms with van der Waals surface area (Å²) < 4.78 is 40.9. The fourth-order valence-electron chi connectivity index (χ4n) is 3.37. The number of halogens is 1. The third kappa shape index (κ3) is 5.00. The van der Waals surface area contributed by atoms with Gasteiger partial charge in [-0.1, -0.05) is 37.3 Å². The van der Waals surface area contributed by atoms with E-state index in [-0.39, 0.29) is 5.82 Å². The van der Waals surface area contributed by atoms with E-state index in [0.29, 0.717) is 40.3 Å². The molecule has 1 fully saturated rings. The molecule has 0 atom stereocenters. The molecule has 0 unspecified atom stereocenters. The van der Waals surface area contributed by atoms with Crippen LogP contribution in [0.3, 0.4) is 0 Å². The number of hydrogen-bond donors (Lipinski definition) is 1. The summed E-state index contributed by atoms with van der Waals surface area (Å²) in [4.78, 5) is 4.76. The van der Waals surface area contributed by atoms with Gasteiger partial charge >= 0.3 is 0 Å². The predicted molar refractivity (Wildman–Crippen MR) is 122 cm³/mol. The second kappa shape index (κ2) is 9.25. The number of thiazole rings is 1. The average Bonchev–Trinajstić information content (AvgIpc) is 3.24. The molecule has 31 heavy (non-hydrogen) atoms. The molecule has 1 aliphatic rings. The van der Waals surface area contributed by atoms with Gasteiger partial charge in [0.15, 0.2) is 0 Å². The first kappa shape index (κ1) is 21.6. The molecule has 0 spiro atoms. The lowest BCUT2D eigenvalue weighted by atomic mass is 10.0. The van der Waals surface area contributed by atoms with Crippen molar-refractivity contribution >= 4 is 32.7 Å². The fraction of sp³-hybridized carbons (Fsp3) is 0.273. The summed E-state index contributed by atoms with van der Waals surface area (Å²) in [6.07, 6.45) is 3.19. The van der Waals surface area contributed by atoms with Crippen LogP contribution in [0.1, 0.15) is 25.3 Å². The van der Waals surface area contributed by atoms with Gasteiger partial charge in [-0.25, -0.2) is 17.8 Å². The minimum atomic E-state index is -3.47. The van der Waals surface area contributed by atoms with E-state index in [9.17, 15) is 12.8 Å². The molecule has 3 aromatic rings. The van der Waals surface area contributed by atoms with E-state index >= 15 is 0 Å². The Bertz CT molecular complexity index is 1170. The maximum Gasteiger partial charge on any atom is 0.243 e. The van der Waals surface area contributed by atoms with Gasteiger partial charge in [0.05, 0.1) is 16.8 Å². The molecule has 0 amide bonds. The number of hydrazone groups is 1. The van der Waals surface area contributed by atoms with E-state index < -0.39 is 10.0 Å². The summed E-state index contributed by atoms with van der Waals surface area (Å²) >= 11 is 1.36. The highest BCUT2D eigenvalue weighted by atomic mass is 32.2. The number of aromatic nitrogens is 1. The lowest BCUT2D eigenvalue weighted by molar-refractivity contribution is 0.288. The molecule has 1 N–H and O–H groups in total. The number of piperidine rings is 1. The van der Waals surface area contributed by atoms with E-state index in [0.717, 1.165) is 18.4 Å². The Morgan fingerprint density at radius 3 is 2.58 bits per heavy atom. The molecule has 4 rings (SSSR count). The Balaban J connectivity index is 1.43. The van der Waals surface area contributed by atoms with E-state index in [1.165, 1.54) is 23.6 Å². The van der Waals surface area contributed by atoms with Gasteiger partial charge in [0.25, 0.3) is 0 Å². The van der Waals surface area contributed by atoms with E-state index in [1.807, 2.05) is 5.38 Å². The summed E-state index contributed by atoms with van der Waals surface area (Å²) in [5.41, 5.74) is 4.71. The van der Waals surface area contributed by atoms with Crippen LogP contribution in [0, 0.1) is 11.7 Å². The van der Waals surface area contributed by atoms with Gasteiger partial charge in [0.2, 0.25) is 15.2 Å². The van der Waals surface area contributed by atoms with Crippen molar-refractivity contribution in [2.45, 2.75) is 24.7 Å². The van der Waals surface area contributed by atoms with Gasteiger partial charge in [-0.3, -0.25) is 5.43 Å². The van der Waals surface area contributed by atoms with Gasteiger partial charge in [0.1, 0.15) is 5.82 Å². The molecule has 0 radical (unpaired) electrons. The lowest BCUT2D eigenvalue weighted by Gasteiger charge is -2.29. The minimum Gasteiger partial charge on any atom is -0.253 e. The largest absolute Gasteiger partial charge is 0.253 e. The third-order valence-electron chi connectivity index (χ3n) is 5.30. The van der Waals surface area contributed by atoms with Crippen molar-refractivity contribution in [3.05, 3.63) is 65.3 Å². The molecule has 1 saturated heterocycles.